The maximum Gasteiger partial charge on any atom is 0.251 e. The molecule has 0 bridgehead atoms. The number of nitrogens with zero attached hydrogens (tertiary/aromatic N) is 1. The van der Waals surface area contributed by atoms with Crippen LogP contribution in [0.25, 0.3) is 0 Å². The molecule has 0 aliphatic carbocycles. The Bertz CT molecular complexity index is 744. The molecule has 1 rings (SSSR count). The van der Waals surface area contributed by atoms with Crippen molar-refractivity contribution in [2.24, 2.45) is 5.73 Å². The average molecular weight is 356 g/mol. The summed E-state index contributed by atoms with van der Waals surface area (Å²) in [7, 11) is -1.78. The first-order chi connectivity index (χ1) is 11.5. The number of hydrogen-bond acceptors (Lipinski definition) is 3. The van der Waals surface area contributed by atoms with Gasteiger partial charge in [-0.1, -0.05) is 33.9 Å². The van der Waals surface area contributed by atoms with Crippen LogP contribution in [0.5, 0.6) is 0 Å². The van der Waals surface area contributed by atoms with Gasteiger partial charge in [0.2, 0.25) is 5.91 Å². The van der Waals surface area contributed by atoms with Crippen LogP contribution in [0, 0.1) is 22.8 Å². The maximum absolute atomic E-state index is 12.2. The second-order valence-electron chi connectivity index (χ2n) is 7.50. The molecule has 1 atom stereocenters. The molecule has 0 aromatic heterocycles. The van der Waals surface area contributed by atoms with Crippen molar-refractivity contribution < 1.29 is 9.59 Å². The van der Waals surface area contributed by atoms with Crippen LogP contribution in [-0.2, 0) is 4.79 Å². The summed E-state index contributed by atoms with van der Waals surface area (Å²) in [5.41, 5.74) is 9.52. The van der Waals surface area contributed by atoms with Gasteiger partial charge >= 0.3 is 0 Å². The molecule has 6 heteroatoms. The van der Waals surface area contributed by atoms with Crippen molar-refractivity contribution in [3.05, 3.63) is 35.4 Å². The van der Waals surface area contributed by atoms with Gasteiger partial charge in [0.05, 0.1) is 11.6 Å². The van der Waals surface area contributed by atoms with E-state index < -0.39 is 25.9 Å². The van der Waals surface area contributed by atoms with Crippen LogP contribution in [0.1, 0.15) is 43.1 Å². The first kappa shape index (κ1) is 20.5. The van der Waals surface area contributed by atoms with Gasteiger partial charge < -0.3 is 11.1 Å². The Morgan fingerprint density at radius 2 is 1.80 bits per heavy atom. The fourth-order valence-corrected chi connectivity index (χ4v) is 2.64. The summed E-state index contributed by atoms with van der Waals surface area (Å²) in [5.74, 6) is 2.01. The van der Waals surface area contributed by atoms with Crippen molar-refractivity contribution in [3.63, 3.8) is 0 Å². The normalized spacial score (nSPS) is 12.3. The van der Waals surface area contributed by atoms with E-state index in [1.807, 2.05) is 6.07 Å². The van der Waals surface area contributed by atoms with Crippen LogP contribution in [0.2, 0.25) is 18.1 Å². The van der Waals surface area contributed by atoms with Gasteiger partial charge in [-0.3, -0.25) is 9.59 Å². The van der Waals surface area contributed by atoms with E-state index in [9.17, 15) is 9.59 Å². The van der Waals surface area contributed by atoms with E-state index in [1.54, 1.807) is 12.1 Å². The molecule has 3 N–H and O–H groups in total. The Kier molecular flexibility index (Phi) is 6.55. The Labute approximate surface area is 150 Å². The smallest absolute Gasteiger partial charge is 0.251 e. The molecule has 5 nitrogen and oxygen atoms in total. The first-order valence-electron chi connectivity index (χ1n) is 8.08. The minimum Gasteiger partial charge on any atom is -0.368 e. The molecule has 1 aromatic rings. The number of carbonyl (C=O) groups is 2. The van der Waals surface area contributed by atoms with E-state index in [2.05, 4.69) is 50.6 Å². The van der Waals surface area contributed by atoms with Crippen LogP contribution in [0.15, 0.2) is 24.3 Å². The predicted molar refractivity (Wildman–Crippen MR) is 101 cm³/mol. The number of rotatable bonds is 4. The van der Waals surface area contributed by atoms with Gasteiger partial charge in [0, 0.05) is 12.0 Å². The fraction of sp³-hybridized carbons (Fsp3) is 0.421. The summed E-state index contributed by atoms with van der Waals surface area (Å²) >= 11 is 0. The third-order valence-corrected chi connectivity index (χ3v) is 9.06. The third-order valence-electron chi connectivity index (χ3n) is 4.51. The Hall–Kier alpha value is -2.57. The van der Waals surface area contributed by atoms with Crippen molar-refractivity contribution in [3.8, 4) is 17.5 Å². The van der Waals surface area contributed by atoms with Crippen molar-refractivity contribution in [1.82, 2.24) is 5.32 Å². The highest BCUT2D eigenvalue weighted by Gasteiger charge is 2.33. The molecule has 0 fully saturated rings. The van der Waals surface area contributed by atoms with E-state index in [4.69, 9.17) is 11.0 Å². The van der Waals surface area contributed by atoms with Crippen LogP contribution in [-0.4, -0.2) is 25.9 Å². The van der Waals surface area contributed by atoms with Gasteiger partial charge in [0.15, 0.2) is 0 Å². The quantitative estimate of drug-likeness (QED) is 0.642. The number of nitrogens with two attached hydrogens (primary N) is 1. The zero-order valence-corrected chi connectivity index (χ0v) is 16.4. The first-order valence-corrected chi connectivity index (χ1v) is 11.1. The van der Waals surface area contributed by atoms with Crippen molar-refractivity contribution in [2.45, 2.75) is 51.4 Å². The minimum atomic E-state index is -1.78. The highest BCUT2D eigenvalue weighted by Crippen LogP contribution is 2.35. The molecule has 132 valence electrons. The number of nitriles is 1. The van der Waals surface area contributed by atoms with Gasteiger partial charge in [0.25, 0.3) is 5.91 Å². The molecule has 0 aliphatic rings. The highest BCUT2D eigenvalue weighted by atomic mass is 28.3. The summed E-state index contributed by atoms with van der Waals surface area (Å²) < 4.78 is 0. The number of hydrogen-bond donors (Lipinski definition) is 2. The second kappa shape index (κ2) is 8.00. The molecule has 25 heavy (non-hydrogen) atoms. The average Bonchev–Trinajstić information content (AvgIpc) is 2.52. The third kappa shape index (κ3) is 5.77. The molecular weight excluding hydrogens is 330 g/mol. The van der Waals surface area contributed by atoms with Gasteiger partial charge in [-0.2, -0.15) is 5.26 Å². The minimum absolute atomic E-state index is 0.119. The molecule has 0 saturated heterocycles. The van der Waals surface area contributed by atoms with E-state index in [0.717, 1.165) is 0 Å². The molecule has 0 unspecified atom stereocenters. The highest BCUT2D eigenvalue weighted by molar-refractivity contribution is 6.87. The lowest BCUT2D eigenvalue weighted by atomic mass is 10.1. The fourth-order valence-electron chi connectivity index (χ4n) is 1.72. The summed E-state index contributed by atoms with van der Waals surface area (Å²) in [5, 5.41) is 11.5. The SMILES string of the molecule is CC(C)(C)[Si](C)(C)C#CC[C@H](NC(=O)c1ccc(C#N)cc1)C(N)=O. The molecule has 0 saturated carbocycles. The van der Waals surface area contributed by atoms with Crippen LogP contribution in [0.4, 0.5) is 0 Å². The van der Waals surface area contributed by atoms with E-state index in [0.29, 0.717) is 11.1 Å². The lowest BCUT2D eigenvalue weighted by Crippen LogP contribution is -2.44. The molecular formula is C19H25N3O2Si. The summed E-state index contributed by atoms with van der Waals surface area (Å²) in [6, 6.07) is 7.30. The second-order valence-corrected chi connectivity index (χ2v) is 12.5. The molecule has 0 aliphatic heterocycles. The van der Waals surface area contributed by atoms with E-state index >= 15 is 0 Å². The predicted octanol–water partition coefficient (Wildman–Crippen LogP) is 2.58. The molecule has 0 radical (unpaired) electrons. The maximum atomic E-state index is 12.2. The van der Waals surface area contributed by atoms with Crippen molar-refractivity contribution in [1.29, 1.82) is 5.26 Å². The number of nitrogens with one attached hydrogen (secondary N) is 1. The number of amides is 2. The van der Waals surface area contributed by atoms with Crippen LogP contribution < -0.4 is 11.1 Å². The van der Waals surface area contributed by atoms with Crippen molar-refractivity contribution >= 4 is 19.9 Å². The van der Waals surface area contributed by atoms with Gasteiger partial charge in [-0.05, 0) is 29.3 Å². The van der Waals surface area contributed by atoms with Crippen molar-refractivity contribution in [2.75, 3.05) is 0 Å². The Morgan fingerprint density at radius 1 is 1.24 bits per heavy atom. The topological polar surface area (TPSA) is 96.0 Å². The number of carbonyl (C=O) groups excluding carboxylic acids is 2. The number of benzene rings is 1. The van der Waals surface area contributed by atoms with E-state index in [-0.39, 0.29) is 11.5 Å². The number of primary amides is 1. The Morgan fingerprint density at radius 3 is 2.24 bits per heavy atom. The lowest BCUT2D eigenvalue weighted by Gasteiger charge is -2.31. The molecule has 0 spiro atoms. The summed E-state index contributed by atoms with van der Waals surface area (Å²) in [6.07, 6.45) is 0.184. The van der Waals surface area contributed by atoms with E-state index in [1.165, 1.54) is 12.1 Å². The van der Waals surface area contributed by atoms with Crippen LogP contribution >= 0.6 is 0 Å². The van der Waals surface area contributed by atoms with Crippen LogP contribution in [0.3, 0.4) is 0 Å². The zero-order valence-electron chi connectivity index (χ0n) is 15.4. The molecule has 2 amide bonds. The van der Waals surface area contributed by atoms with Gasteiger partial charge in [0.1, 0.15) is 14.1 Å². The standard InChI is InChI=1S/C19H25N3O2Si/c1-19(2,3)25(4,5)12-6-7-16(17(21)23)22-18(24)15-10-8-14(13-20)9-11-15/h8-11,16H,7H2,1-5H3,(H2,21,23)(H,22,24)/t16-/m0/s1. The largest absolute Gasteiger partial charge is 0.368 e. The van der Waals surface area contributed by atoms with Gasteiger partial charge in [-0.25, -0.2) is 0 Å². The summed E-state index contributed by atoms with van der Waals surface area (Å²) in [4.78, 5) is 23.9. The zero-order chi connectivity index (χ0) is 19.3. The summed E-state index contributed by atoms with van der Waals surface area (Å²) in [6.45, 7) is 10.8. The molecule has 0 heterocycles. The Balaban J connectivity index is 2.83. The lowest BCUT2D eigenvalue weighted by molar-refractivity contribution is -0.119. The monoisotopic (exact) mass is 355 g/mol. The van der Waals surface area contributed by atoms with Gasteiger partial charge in [-0.15, -0.1) is 11.5 Å². The molecule has 1 aromatic carbocycles.